The summed E-state index contributed by atoms with van der Waals surface area (Å²) in [7, 11) is 1.68. The largest absolute Gasteiger partial charge is 0.497 e. The van der Waals surface area contributed by atoms with E-state index in [1.54, 1.807) is 7.11 Å². The van der Waals surface area contributed by atoms with Crippen molar-refractivity contribution in [2.75, 3.05) is 26.0 Å². The van der Waals surface area contributed by atoms with Crippen LogP contribution in [0.1, 0.15) is 33.6 Å². The van der Waals surface area contributed by atoms with Crippen molar-refractivity contribution in [2.24, 2.45) is 5.92 Å². The number of nitrogens with zero attached hydrogens (tertiary/aromatic N) is 1. The lowest BCUT2D eigenvalue weighted by Gasteiger charge is -2.33. The van der Waals surface area contributed by atoms with Gasteiger partial charge in [0.1, 0.15) is 11.4 Å². The number of carbonyl (C=O) groups is 1. The third kappa shape index (κ3) is 5.98. The number of thioether (sulfide) groups is 1. The van der Waals surface area contributed by atoms with Crippen molar-refractivity contribution in [3.63, 3.8) is 0 Å². The minimum Gasteiger partial charge on any atom is -0.497 e. The van der Waals surface area contributed by atoms with Gasteiger partial charge < -0.3 is 14.4 Å². The van der Waals surface area contributed by atoms with Gasteiger partial charge in [-0.1, -0.05) is 0 Å². The standard InChI is InChI=1S/C18H27NO3S/c1-18(2,3)22-17(20)19-11-9-14(10-12-19)13-23-16-7-5-15(21-4)6-8-16/h5-8,14H,9-13H2,1-4H3. The molecule has 0 bridgehead atoms. The SMILES string of the molecule is COc1ccc(SCC2CCN(C(=O)OC(C)(C)C)CC2)cc1. The van der Waals surface area contributed by atoms with E-state index in [1.165, 1.54) is 4.90 Å². The van der Waals surface area contributed by atoms with Gasteiger partial charge in [-0.25, -0.2) is 4.79 Å². The molecule has 1 aliphatic heterocycles. The van der Waals surface area contributed by atoms with Gasteiger partial charge in [-0.05, 0) is 63.8 Å². The number of piperidine rings is 1. The van der Waals surface area contributed by atoms with E-state index >= 15 is 0 Å². The Bertz CT molecular complexity index is 502. The maximum Gasteiger partial charge on any atom is 0.410 e. The molecule has 0 spiro atoms. The molecule has 4 nitrogen and oxygen atoms in total. The van der Waals surface area contributed by atoms with Crippen molar-refractivity contribution in [3.05, 3.63) is 24.3 Å². The van der Waals surface area contributed by atoms with Gasteiger partial charge in [-0.3, -0.25) is 0 Å². The maximum absolute atomic E-state index is 12.0. The lowest BCUT2D eigenvalue weighted by molar-refractivity contribution is 0.0191. The molecule has 0 aliphatic carbocycles. The normalized spacial score (nSPS) is 16.3. The Morgan fingerprint density at radius 3 is 2.35 bits per heavy atom. The van der Waals surface area contributed by atoms with Gasteiger partial charge in [-0.2, -0.15) is 0 Å². The first-order valence-corrected chi connectivity index (χ1v) is 9.11. The lowest BCUT2D eigenvalue weighted by Crippen LogP contribution is -2.42. The van der Waals surface area contributed by atoms with Crippen LogP contribution in [-0.2, 0) is 4.74 Å². The summed E-state index contributed by atoms with van der Waals surface area (Å²) in [5.41, 5.74) is -0.419. The molecule has 1 aliphatic rings. The van der Waals surface area contributed by atoms with Crippen molar-refractivity contribution in [3.8, 4) is 5.75 Å². The highest BCUT2D eigenvalue weighted by Crippen LogP contribution is 2.28. The molecule has 1 fully saturated rings. The summed E-state index contributed by atoms with van der Waals surface area (Å²) < 4.78 is 10.6. The van der Waals surface area contributed by atoms with E-state index in [4.69, 9.17) is 9.47 Å². The molecule has 0 aromatic heterocycles. The van der Waals surface area contributed by atoms with Crippen LogP contribution in [0, 0.1) is 5.92 Å². The van der Waals surface area contributed by atoms with E-state index < -0.39 is 5.60 Å². The lowest BCUT2D eigenvalue weighted by atomic mass is 9.99. The highest BCUT2D eigenvalue weighted by Gasteiger charge is 2.26. The van der Waals surface area contributed by atoms with Crippen molar-refractivity contribution in [1.82, 2.24) is 4.90 Å². The molecule has 0 radical (unpaired) electrons. The van der Waals surface area contributed by atoms with Crippen LogP contribution < -0.4 is 4.74 Å². The van der Waals surface area contributed by atoms with Gasteiger partial charge in [0.15, 0.2) is 0 Å². The fourth-order valence-corrected chi connectivity index (χ4v) is 3.58. The Morgan fingerprint density at radius 2 is 1.83 bits per heavy atom. The average molecular weight is 337 g/mol. The second-order valence-corrected chi connectivity index (χ2v) is 7.99. The third-order valence-electron chi connectivity index (χ3n) is 3.81. The smallest absolute Gasteiger partial charge is 0.410 e. The summed E-state index contributed by atoms with van der Waals surface area (Å²) in [6.07, 6.45) is 1.91. The van der Waals surface area contributed by atoms with Gasteiger partial charge in [0.25, 0.3) is 0 Å². The Morgan fingerprint density at radius 1 is 1.22 bits per heavy atom. The van der Waals surface area contributed by atoms with E-state index in [0.29, 0.717) is 5.92 Å². The Balaban J connectivity index is 1.73. The van der Waals surface area contributed by atoms with E-state index in [2.05, 4.69) is 12.1 Å². The first kappa shape index (κ1) is 18.0. The number of benzene rings is 1. The molecule has 0 N–H and O–H groups in total. The fraction of sp³-hybridized carbons (Fsp3) is 0.611. The molecule has 5 heteroatoms. The van der Waals surface area contributed by atoms with Crippen molar-refractivity contribution < 1.29 is 14.3 Å². The number of rotatable bonds is 4. The fourth-order valence-electron chi connectivity index (χ4n) is 2.49. The Kier molecular flexibility index (Phi) is 6.22. The zero-order valence-electron chi connectivity index (χ0n) is 14.5. The van der Waals surface area contributed by atoms with Crippen LogP contribution in [-0.4, -0.2) is 42.5 Å². The predicted molar refractivity (Wildman–Crippen MR) is 94.2 cm³/mol. The Hall–Kier alpha value is -1.36. The number of hydrogen-bond acceptors (Lipinski definition) is 4. The van der Waals surface area contributed by atoms with Crippen molar-refractivity contribution in [2.45, 2.75) is 44.1 Å². The molecule has 1 amide bonds. The van der Waals surface area contributed by atoms with E-state index in [1.807, 2.05) is 49.6 Å². The van der Waals surface area contributed by atoms with Crippen LogP contribution in [0.2, 0.25) is 0 Å². The zero-order chi connectivity index (χ0) is 16.9. The molecule has 0 saturated carbocycles. The molecule has 2 rings (SSSR count). The number of amides is 1. The van der Waals surface area contributed by atoms with Crippen molar-refractivity contribution >= 4 is 17.9 Å². The van der Waals surface area contributed by atoms with Gasteiger partial charge >= 0.3 is 6.09 Å². The molecular weight excluding hydrogens is 310 g/mol. The predicted octanol–water partition coefficient (Wildman–Crippen LogP) is 4.43. The molecular formula is C18H27NO3S. The highest BCUT2D eigenvalue weighted by atomic mass is 32.2. The summed E-state index contributed by atoms with van der Waals surface area (Å²) in [6, 6.07) is 8.18. The minimum atomic E-state index is -0.419. The first-order chi connectivity index (χ1) is 10.9. The molecule has 128 valence electrons. The quantitative estimate of drug-likeness (QED) is 0.762. The van der Waals surface area contributed by atoms with Crippen LogP contribution in [0.4, 0.5) is 4.79 Å². The van der Waals surface area contributed by atoms with E-state index in [-0.39, 0.29) is 6.09 Å². The number of methoxy groups -OCH3 is 1. The Labute approximate surface area is 143 Å². The molecule has 1 saturated heterocycles. The van der Waals surface area contributed by atoms with Gasteiger partial charge in [0, 0.05) is 23.7 Å². The van der Waals surface area contributed by atoms with Gasteiger partial charge in [0.2, 0.25) is 0 Å². The summed E-state index contributed by atoms with van der Waals surface area (Å²) in [6.45, 7) is 7.31. The van der Waals surface area contributed by atoms with Crippen LogP contribution >= 0.6 is 11.8 Å². The second-order valence-electron chi connectivity index (χ2n) is 6.90. The average Bonchev–Trinajstić information content (AvgIpc) is 2.52. The summed E-state index contributed by atoms with van der Waals surface area (Å²) in [5.74, 6) is 2.63. The molecule has 1 aromatic rings. The summed E-state index contributed by atoms with van der Waals surface area (Å²) in [5, 5.41) is 0. The van der Waals surface area contributed by atoms with Gasteiger partial charge in [0.05, 0.1) is 7.11 Å². The number of hydrogen-bond donors (Lipinski definition) is 0. The van der Waals surface area contributed by atoms with Crippen LogP contribution in [0.3, 0.4) is 0 Å². The number of likely N-dealkylation sites (tertiary alicyclic amines) is 1. The topological polar surface area (TPSA) is 38.8 Å². The van der Waals surface area contributed by atoms with Crippen LogP contribution in [0.5, 0.6) is 5.75 Å². The summed E-state index contributed by atoms with van der Waals surface area (Å²) in [4.78, 5) is 15.1. The molecule has 0 atom stereocenters. The number of carbonyl (C=O) groups excluding carboxylic acids is 1. The number of ether oxygens (including phenoxy) is 2. The monoisotopic (exact) mass is 337 g/mol. The highest BCUT2D eigenvalue weighted by molar-refractivity contribution is 7.99. The van der Waals surface area contributed by atoms with Crippen molar-refractivity contribution in [1.29, 1.82) is 0 Å². The molecule has 23 heavy (non-hydrogen) atoms. The van der Waals surface area contributed by atoms with E-state index in [9.17, 15) is 4.79 Å². The molecule has 0 unspecified atom stereocenters. The van der Waals surface area contributed by atoms with Gasteiger partial charge in [-0.15, -0.1) is 11.8 Å². The van der Waals surface area contributed by atoms with E-state index in [0.717, 1.165) is 37.4 Å². The van der Waals surface area contributed by atoms with Crippen LogP contribution in [0.15, 0.2) is 29.2 Å². The first-order valence-electron chi connectivity index (χ1n) is 8.12. The molecule has 1 heterocycles. The van der Waals surface area contributed by atoms with Crippen LogP contribution in [0.25, 0.3) is 0 Å². The third-order valence-corrected chi connectivity index (χ3v) is 5.05. The zero-order valence-corrected chi connectivity index (χ0v) is 15.3. The minimum absolute atomic E-state index is 0.182. The maximum atomic E-state index is 12.0. The molecule has 1 aromatic carbocycles. The summed E-state index contributed by atoms with van der Waals surface area (Å²) >= 11 is 1.88. The second kappa shape index (κ2) is 7.95.